The molecule has 27 heavy (non-hydrogen) atoms. The van der Waals surface area contributed by atoms with Gasteiger partial charge in [0.1, 0.15) is 12.7 Å². The lowest BCUT2D eigenvalue weighted by atomic mass is 10.1. The molecule has 2 aliphatic heterocycles. The molecule has 2 saturated heterocycles. The number of aromatic nitrogens is 1. The van der Waals surface area contributed by atoms with Gasteiger partial charge in [0.2, 0.25) is 11.8 Å². The monoisotopic (exact) mass is 368 g/mol. The van der Waals surface area contributed by atoms with E-state index in [1.807, 2.05) is 30.3 Å². The zero-order chi connectivity index (χ0) is 19.0. The van der Waals surface area contributed by atoms with Crippen molar-refractivity contribution in [3.63, 3.8) is 0 Å². The minimum atomic E-state index is -0.549. The Morgan fingerprint density at radius 3 is 2.89 bits per heavy atom. The van der Waals surface area contributed by atoms with Crippen molar-refractivity contribution in [2.75, 3.05) is 26.7 Å². The summed E-state index contributed by atoms with van der Waals surface area (Å²) in [6.07, 6.45) is 1.18. The highest BCUT2D eigenvalue weighted by Crippen LogP contribution is 2.22. The number of urea groups is 1. The summed E-state index contributed by atoms with van der Waals surface area (Å²) in [7, 11) is 1.53. The Hall–Kier alpha value is -3.20. The molecule has 1 unspecified atom stereocenters. The molecule has 2 aromatic rings. The van der Waals surface area contributed by atoms with Gasteiger partial charge >= 0.3 is 6.03 Å². The van der Waals surface area contributed by atoms with E-state index in [9.17, 15) is 14.4 Å². The van der Waals surface area contributed by atoms with Gasteiger partial charge in [0.15, 0.2) is 0 Å². The van der Waals surface area contributed by atoms with Gasteiger partial charge in [0, 0.05) is 25.2 Å². The fourth-order valence-electron chi connectivity index (χ4n) is 3.56. The smallest absolute Gasteiger partial charge is 0.333 e. The Kier molecular flexibility index (Phi) is 4.36. The summed E-state index contributed by atoms with van der Waals surface area (Å²) in [5, 5.41) is 4.94. The van der Waals surface area contributed by atoms with E-state index in [0.29, 0.717) is 6.54 Å². The van der Waals surface area contributed by atoms with Crippen molar-refractivity contribution in [3.05, 3.63) is 42.1 Å². The first-order valence-electron chi connectivity index (χ1n) is 8.73. The first-order chi connectivity index (χ1) is 13.1. The van der Waals surface area contributed by atoms with Gasteiger partial charge in [0.25, 0.3) is 0 Å². The molecule has 1 aromatic heterocycles. The molecule has 9 nitrogen and oxygen atoms in total. The number of amides is 4. The average Bonchev–Trinajstić information content (AvgIpc) is 2.69. The molecule has 1 atom stereocenters. The third-order valence-electron chi connectivity index (χ3n) is 4.93. The van der Waals surface area contributed by atoms with E-state index in [-0.39, 0.29) is 37.5 Å². The van der Waals surface area contributed by atoms with E-state index in [1.54, 1.807) is 11.1 Å². The number of nitrogens with one attached hydrogen (secondary N) is 2. The zero-order valence-electron chi connectivity index (χ0n) is 14.9. The Morgan fingerprint density at radius 1 is 1.26 bits per heavy atom. The molecule has 2 fully saturated rings. The Morgan fingerprint density at radius 2 is 2.07 bits per heavy atom. The Bertz CT molecular complexity index is 912. The van der Waals surface area contributed by atoms with E-state index in [1.165, 1.54) is 17.0 Å². The van der Waals surface area contributed by atoms with Gasteiger partial charge in [-0.2, -0.15) is 0 Å². The summed E-state index contributed by atoms with van der Waals surface area (Å²) in [6, 6.07) is 9.35. The standard InChI is InChI=1S/C18H20N6O3/c1-19-18(27)24-14-10-22(16(26)11-23(14)15(25)8-21-24)9-13-5-2-4-12-6-3-7-20-17(12)13/h2-7,14,21H,8-11H2,1H3,(H,19,27). The number of carbonyl (C=O) groups is 3. The second kappa shape index (κ2) is 6.84. The number of carbonyl (C=O) groups excluding carboxylic acids is 3. The van der Waals surface area contributed by atoms with E-state index in [4.69, 9.17) is 0 Å². The summed E-state index contributed by atoms with van der Waals surface area (Å²) >= 11 is 0. The van der Waals surface area contributed by atoms with Crippen LogP contribution in [0.4, 0.5) is 4.79 Å². The molecule has 0 bridgehead atoms. The number of benzene rings is 1. The predicted molar refractivity (Wildman–Crippen MR) is 97.0 cm³/mol. The minimum Gasteiger partial charge on any atom is -0.340 e. The molecule has 0 aliphatic carbocycles. The number of hydrogen-bond acceptors (Lipinski definition) is 5. The van der Waals surface area contributed by atoms with Crippen molar-refractivity contribution in [3.8, 4) is 0 Å². The molecular formula is C18H20N6O3. The van der Waals surface area contributed by atoms with Crippen LogP contribution in [0.2, 0.25) is 0 Å². The number of para-hydroxylation sites is 1. The van der Waals surface area contributed by atoms with Crippen molar-refractivity contribution in [1.29, 1.82) is 0 Å². The summed E-state index contributed by atoms with van der Waals surface area (Å²) < 4.78 is 0. The summed E-state index contributed by atoms with van der Waals surface area (Å²) in [6.45, 7) is 0.544. The number of rotatable bonds is 2. The van der Waals surface area contributed by atoms with Crippen LogP contribution >= 0.6 is 0 Å². The lowest BCUT2D eigenvalue weighted by Crippen LogP contribution is -2.73. The topological polar surface area (TPSA) is 97.9 Å². The van der Waals surface area contributed by atoms with Crippen molar-refractivity contribution in [2.45, 2.75) is 12.7 Å². The van der Waals surface area contributed by atoms with Crippen LogP contribution in [0.15, 0.2) is 36.5 Å². The Balaban J connectivity index is 1.61. The highest BCUT2D eigenvalue weighted by atomic mass is 16.2. The Labute approximate surface area is 155 Å². The molecule has 2 N–H and O–H groups in total. The molecule has 9 heteroatoms. The van der Waals surface area contributed by atoms with Crippen molar-refractivity contribution in [1.82, 2.24) is 30.5 Å². The SMILES string of the molecule is CNC(=O)N1NCC(=O)N2CC(=O)N(Cc3cccc4cccnc34)CC21. The van der Waals surface area contributed by atoms with E-state index >= 15 is 0 Å². The highest BCUT2D eigenvalue weighted by molar-refractivity contribution is 5.89. The number of piperazine rings is 1. The zero-order valence-corrected chi connectivity index (χ0v) is 14.9. The summed E-state index contributed by atoms with van der Waals surface area (Å²) in [5.74, 6) is -0.341. The summed E-state index contributed by atoms with van der Waals surface area (Å²) in [4.78, 5) is 44.5. The molecular weight excluding hydrogens is 348 g/mol. The third kappa shape index (κ3) is 3.06. The molecule has 0 saturated carbocycles. The lowest BCUT2D eigenvalue weighted by molar-refractivity contribution is -0.161. The van der Waals surface area contributed by atoms with Crippen LogP contribution in [-0.4, -0.2) is 70.5 Å². The molecule has 4 amide bonds. The number of pyridine rings is 1. The molecule has 3 heterocycles. The van der Waals surface area contributed by atoms with Crippen LogP contribution in [0.1, 0.15) is 5.56 Å². The number of nitrogens with zero attached hydrogens (tertiary/aromatic N) is 4. The van der Waals surface area contributed by atoms with Gasteiger partial charge in [0.05, 0.1) is 18.6 Å². The van der Waals surface area contributed by atoms with Crippen LogP contribution < -0.4 is 10.7 Å². The lowest BCUT2D eigenvalue weighted by Gasteiger charge is -2.48. The first kappa shape index (κ1) is 17.2. The van der Waals surface area contributed by atoms with Gasteiger partial charge in [-0.25, -0.2) is 15.2 Å². The second-order valence-electron chi connectivity index (χ2n) is 6.53. The van der Waals surface area contributed by atoms with Crippen LogP contribution in [-0.2, 0) is 16.1 Å². The van der Waals surface area contributed by atoms with E-state index in [2.05, 4.69) is 15.7 Å². The van der Waals surface area contributed by atoms with Crippen LogP contribution in [0.3, 0.4) is 0 Å². The second-order valence-corrected chi connectivity index (χ2v) is 6.53. The third-order valence-corrected chi connectivity index (χ3v) is 4.93. The van der Waals surface area contributed by atoms with Gasteiger partial charge in [-0.15, -0.1) is 0 Å². The molecule has 2 aliphatic rings. The summed E-state index contributed by atoms with van der Waals surface area (Å²) in [5.41, 5.74) is 4.60. The maximum atomic E-state index is 12.7. The fourth-order valence-corrected chi connectivity index (χ4v) is 3.56. The quantitative estimate of drug-likeness (QED) is 0.771. The largest absolute Gasteiger partial charge is 0.340 e. The predicted octanol–water partition coefficient (Wildman–Crippen LogP) is -0.109. The molecule has 0 spiro atoms. The number of hydrogen-bond donors (Lipinski definition) is 2. The highest BCUT2D eigenvalue weighted by Gasteiger charge is 2.43. The maximum Gasteiger partial charge on any atom is 0.333 e. The average molecular weight is 368 g/mol. The normalized spacial score (nSPS) is 20.0. The van der Waals surface area contributed by atoms with Gasteiger partial charge in [-0.3, -0.25) is 14.6 Å². The molecule has 0 radical (unpaired) electrons. The van der Waals surface area contributed by atoms with Gasteiger partial charge < -0.3 is 15.1 Å². The van der Waals surface area contributed by atoms with Crippen LogP contribution in [0.25, 0.3) is 10.9 Å². The van der Waals surface area contributed by atoms with Crippen molar-refractivity contribution < 1.29 is 14.4 Å². The fraction of sp³-hybridized carbons (Fsp3) is 0.333. The molecule has 140 valence electrons. The van der Waals surface area contributed by atoms with Crippen LogP contribution in [0, 0.1) is 0 Å². The van der Waals surface area contributed by atoms with Crippen LogP contribution in [0.5, 0.6) is 0 Å². The number of hydrazine groups is 1. The van der Waals surface area contributed by atoms with Gasteiger partial charge in [-0.1, -0.05) is 24.3 Å². The van der Waals surface area contributed by atoms with E-state index < -0.39 is 6.17 Å². The number of fused-ring (bicyclic) bond motifs is 2. The first-order valence-corrected chi connectivity index (χ1v) is 8.73. The van der Waals surface area contributed by atoms with Gasteiger partial charge in [-0.05, 0) is 11.6 Å². The van der Waals surface area contributed by atoms with Crippen molar-refractivity contribution in [2.24, 2.45) is 0 Å². The molecule has 4 rings (SSSR count). The minimum absolute atomic E-state index is 0.00948. The van der Waals surface area contributed by atoms with Crippen molar-refractivity contribution >= 4 is 28.7 Å². The molecule has 1 aromatic carbocycles. The maximum absolute atomic E-state index is 12.7. The van der Waals surface area contributed by atoms with E-state index in [0.717, 1.165) is 16.5 Å².